The van der Waals surface area contributed by atoms with Gasteiger partial charge in [0.1, 0.15) is 5.00 Å². The van der Waals surface area contributed by atoms with Gasteiger partial charge in [0.05, 0.1) is 30.0 Å². The molecule has 0 saturated carbocycles. The first kappa shape index (κ1) is 17.7. The van der Waals surface area contributed by atoms with Crippen molar-refractivity contribution < 1.29 is 19.1 Å². The number of carbonyl (C=O) groups is 3. The highest BCUT2D eigenvalue weighted by atomic mass is 32.1. The van der Waals surface area contributed by atoms with E-state index < -0.39 is 0 Å². The lowest BCUT2D eigenvalue weighted by molar-refractivity contribution is 0.0526. The van der Waals surface area contributed by atoms with Crippen LogP contribution in [0.2, 0.25) is 0 Å². The molecule has 2 heterocycles. The van der Waals surface area contributed by atoms with E-state index in [1.165, 1.54) is 21.1 Å². The zero-order chi connectivity index (χ0) is 19.0. The van der Waals surface area contributed by atoms with E-state index in [0.717, 1.165) is 31.2 Å². The summed E-state index contributed by atoms with van der Waals surface area (Å²) in [6.07, 6.45) is 3.96. The van der Waals surface area contributed by atoms with Crippen molar-refractivity contribution in [1.82, 2.24) is 4.90 Å². The average molecular weight is 384 g/mol. The lowest BCUT2D eigenvalue weighted by atomic mass is 9.95. The Kier molecular flexibility index (Phi) is 4.70. The van der Waals surface area contributed by atoms with Crippen molar-refractivity contribution in [3.05, 3.63) is 51.4 Å². The zero-order valence-electron chi connectivity index (χ0n) is 15.0. The number of anilines is 1. The molecular formula is C20H20N2O4S. The fraction of sp³-hybridized carbons (Fsp3) is 0.350. The average Bonchev–Trinajstić information content (AvgIpc) is 3.16. The molecule has 1 aliphatic carbocycles. The van der Waals surface area contributed by atoms with Gasteiger partial charge in [0, 0.05) is 4.88 Å². The first-order valence-corrected chi connectivity index (χ1v) is 9.94. The molecule has 0 saturated heterocycles. The van der Waals surface area contributed by atoms with Crippen molar-refractivity contribution in [3.63, 3.8) is 0 Å². The predicted molar refractivity (Wildman–Crippen MR) is 102 cm³/mol. The number of esters is 1. The molecule has 1 aromatic heterocycles. The molecule has 0 atom stereocenters. The van der Waals surface area contributed by atoms with Crippen molar-refractivity contribution in [2.24, 2.45) is 0 Å². The molecule has 27 heavy (non-hydrogen) atoms. The maximum atomic E-state index is 12.5. The predicted octanol–water partition coefficient (Wildman–Crippen LogP) is 3.47. The fourth-order valence-corrected chi connectivity index (χ4v) is 4.91. The zero-order valence-corrected chi connectivity index (χ0v) is 15.9. The van der Waals surface area contributed by atoms with Gasteiger partial charge in [-0.3, -0.25) is 14.5 Å². The summed E-state index contributed by atoms with van der Waals surface area (Å²) in [5.74, 6) is -0.981. The number of thiophene rings is 1. The highest BCUT2D eigenvalue weighted by Crippen LogP contribution is 2.38. The largest absolute Gasteiger partial charge is 0.462 e. The molecule has 1 aromatic carbocycles. The van der Waals surface area contributed by atoms with Crippen LogP contribution < -0.4 is 5.32 Å². The molecule has 2 aromatic rings. The maximum Gasteiger partial charge on any atom is 0.341 e. The van der Waals surface area contributed by atoms with Gasteiger partial charge in [-0.15, -0.1) is 11.3 Å². The molecule has 0 radical (unpaired) electrons. The number of hydrogen-bond donors (Lipinski definition) is 1. The summed E-state index contributed by atoms with van der Waals surface area (Å²) in [5.41, 5.74) is 2.45. The first-order valence-electron chi connectivity index (χ1n) is 9.12. The molecule has 1 aliphatic heterocycles. The van der Waals surface area contributed by atoms with Crippen molar-refractivity contribution in [2.45, 2.75) is 32.6 Å². The Morgan fingerprint density at radius 2 is 1.81 bits per heavy atom. The van der Waals surface area contributed by atoms with Crippen LogP contribution in [0.3, 0.4) is 0 Å². The monoisotopic (exact) mass is 384 g/mol. The van der Waals surface area contributed by atoms with E-state index in [1.807, 2.05) is 0 Å². The van der Waals surface area contributed by atoms with E-state index >= 15 is 0 Å². The minimum Gasteiger partial charge on any atom is -0.462 e. The summed E-state index contributed by atoms with van der Waals surface area (Å²) in [6.45, 7) is 2.11. The van der Waals surface area contributed by atoms with E-state index in [0.29, 0.717) is 28.3 Å². The third-order valence-corrected chi connectivity index (χ3v) is 6.18. The molecule has 140 valence electrons. The Labute approximate surface area is 161 Å². The minimum atomic E-state index is -0.346. The Morgan fingerprint density at radius 1 is 1.15 bits per heavy atom. The molecule has 0 spiro atoms. The first-order chi connectivity index (χ1) is 13.1. The van der Waals surface area contributed by atoms with E-state index in [4.69, 9.17) is 4.74 Å². The summed E-state index contributed by atoms with van der Waals surface area (Å²) in [6, 6.07) is 6.80. The van der Waals surface area contributed by atoms with E-state index in [1.54, 1.807) is 31.2 Å². The Balaban J connectivity index is 1.59. The van der Waals surface area contributed by atoms with Crippen molar-refractivity contribution in [3.8, 4) is 0 Å². The lowest BCUT2D eigenvalue weighted by Crippen LogP contribution is -2.34. The Bertz CT molecular complexity index is 899. The van der Waals surface area contributed by atoms with Gasteiger partial charge in [0.15, 0.2) is 0 Å². The summed E-state index contributed by atoms with van der Waals surface area (Å²) >= 11 is 1.52. The number of fused-ring (bicyclic) bond motifs is 2. The second-order valence-corrected chi connectivity index (χ2v) is 7.66. The molecule has 0 unspecified atom stereocenters. The minimum absolute atomic E-state index is 0.0259. The van der Waals surface area contributed by atoms with E-state index in [-0.39, 0.29) is 24.5 Å². The van der Waals surface area contributed by atoms with Crippen LogP contribution >= 0.6 is 11.3 Å². The number of benzene rings is 1. The molecule has 6 nitrogen and oxygen atoms in total. The fourth-order valence-electron chi connectivity index (χ4n) is 3.64. The van der Waals surface area contributed by atoms with Crippen molar-refractivity contribution in [2.75, 3.05) is 18.6 Å². The van der Waals surface area contributed by atoms with Crippen LogP contribution in [0.5, 0.6) is 0 Å². The van der Waals surface area contributed by atoms with Gasteiger partial charge in [0.25, 0.3) is 11.8 Å². The standard InChI is InChI=1S/C20H20N2O4S/c1-2-26-20(25)16-14-9-5-6-10-15(14)27-17(16)21-11-22-18(23)12-7-3-4-8-13(12)19(22)24/h3-4,7-8,21H,2,5-6,9-11H2,1H3. The van der Waals surface area contributed by atoms with Crippen LogP contribution in [0.15, 0.2) is 24.3 Å². The van der Waals surface area contributed by atoms with Gasteiger partial charge in [-0.05, 0) is 50.3 Å². The molecule has 2 aliphatic rings. The van der Waals surface area contributed by atoms with Gasteiger partial charge in [-0.25, -0.2) is 4.79 Å². The summed E-state index contributed by atoms with van der Waals surface area (Å²) in [4.78, 5) is 39.9. The highest BCUT2D eigenvalue weighted by Gasteiger charge is 2.35. The quantitative estimate of drug-likeness (QED) is 0.631. The number of imide groups is 1. The van der Waals surface area contributed by atoms with Gasteiger partial charge in [-0.2, -0.15) is 0 Å². The summed E-state index contributed by atoms with van der Waals surface area (Å²) in [5, 5.41) is 3.83. The second kappa shape index (κ2) is 7.15. The van der Waals surface area contributed by atoms with Gasteiger partial charge in [-0.1, -0.05) is 12.1 Å². The second-order valence-electron chi connectivity index (χ2n) is 6.55. The van der Waals surface area contributed by atoms with Crippen molar-refractivity contribution in [1.29, 1.82) is 0 Å². The van der Waals surface area contributed by atoms with Gasteiger partial charge < -0.3 is 10.1 Å². The number of ether oxygens (including phenoxy) is 1. The van der Waals surface area contributed by atoms with Crippen LogP contribution in [-0.4, -0.2) is 36.0 Å². The maximum absolute atomic E-state index is 12.5. The molecule has 0 bridgehead atoms. The smallest absolute Gasteiger partial charge is 0.341 e. The summed E-state index contributed by atoms with van der Waals surface area (Å²) < 4.78 is 5.24. The number of amides is 2. The number of rotatable bonds is 5. The number of nitrogens with one attached hydrogen (secondary N) is 1. The van der Waals surface area contributed by atoms with E-state index in [2.05, 4.69) is 5.32 Å². The molecule has 0 fully saturated rings. The third kappa shape index (κ3) is 3.02. The van der Waals surface area contributed by atoms with Crippen LogP contribution in [-0.2, 0) is 17.6 Å². The topological polar surface area (TPSA) is 75.7 Å². The van der Waals surface area contributed by atoms with Gasteiger partial charge in [0.2, 0.25) is 0 Å². The van der Waals surface area contributed by atoms with Gasteiger partial charge >= 0.3 is 5.97 Å². The number of carbonyl (C=O) groups excluding carboxylic acids is 3. The SMILES string of the molecule is CCOC(=O)c1c(NCN2C(=O)c3ccccc3C2=O)sc2c1CCCC2. The number of aryl methyl sites for hydroxylation is 1. The number of hydrogen-bond acceptors (Lipinski definition) is 6. The normalized spacial score (nSPS) is 15.5. The van der Waals surface area contributed by atoms with E-state index in [9.17, 15) is 14.4 Å². The van der Waals surface area contributed by atoms with Crippen molar-refractivity contribution >= 4 is 34.1 Å². The molecule has 4 rings (SSSR count). The van der Waals surface area contributed by atoms with Crippen LogP contribution in [0.1, 0.15) is 61.3 Å². The van der Waals surface area contributed by atoms with Crippen LogP contribution in [0.4, 0.5) is 5.00 Å². The molecule has 2 amide bonds. The lowest BCUT2D eigenvalue weighted by Gasteiger charge is -2.16. The third-order valence-electron chi connectivity index (χ3n) is 4.93. The molecule has 1 N–H and O–H groups in total. The van der Waals surface area contributed by atoms with Crippen LogP contribution in [0.25, 0.3) is 0 Å². The van der Waals surface area contributed by atoms with Crippen LogP contribution in [0, 0.1) is 0 Å². The molecular weight excluding hydrogens is 364 g/mol. The number of nitrogens with zero attached hydrogens (tertiary/aromatic N) is 1. The summed E-state index contributed by atoms with van der Waals surface area (Å²) in [7, 11) is 0. The highest BCUT2D eigenvalue weighted by molar-refractivity contribution is 7.16. The molecule has 7 heteroatoms. The Hall–Kier alpha value is -2.67. The Morgan fingerprint density at radius 3 is 2.48 bits per heavy atom.